The summed E-state index contributed by atoms with van der Waals surface area (Å²) >= 11 is 23.9. The fraction of sp³-hybridized carbons (Fsp3) is 0.286. The van der Waals surface area contributed by atoms with E-state index in [9.17, 15) is 14.0 Å². The average molecular weight is 603 g/mol. The number of hydrogen-bond donors (Lipinski definition) is 2. The van der Waals surface area contributed by atoms with Gasteiger partial charge in [0.15, 0.2) is 0 Å². The molecule has 1 amide bonds. The maximum atomic E-state index is 13.5. The molecule has 2 N–H and O–H groups in total. The molecule has 0 unspecified atom stereocenters. The van der Waals surface area contributed by atoms with E-state index in [-0.39, 0.29) is 12.1 Å². The number of aryl methyl sites for hydroxylation is 1. The van der Waals surface area contributed by atoms with E-state index in [1.165, 1.54) is 23.3 Å². The van der Waals surface area contributed by atoms with Crippen molar-refractivity contribution in [3.8, 4) is 16.9 Å². The van der Waals surface area contributed by atoms with E-state index in [0.717, 1.165) is 39.8 Å². The molecule has 0 bridgehead atoms. The maximum Gasteiger partial charge on any atom is 0.322 e. The summed E-state index contributed by atoms with van der Waals surface area (Å²) in [7, 11) is 0. The van der Waals surface area contributed by atoms with E-state index in [2.05, 4.69) is 20.8 Å². The number of carbonyl (C=O) groups excluding carboxylic acids is 1. The first-order valence-electron chi connectivity index (χ1n) is 11.5. The second kappa shape index (κ2) is 14.0. The van der Waals surface area contributed by atoms with E-state index in [0.29, 0.717) is 22.0 Å². The Bertz CT molecular complexity index is 1270. The highest BCUT2D eigenvalue weighted by Crippen LogP contribution is 2.46. The largest absolute Gasteiger partial charge is 0.487 e. The van der Waals surface area contributed by atoms with Crippen molar-refractivity contribution in [2.24, 2.45) is 0 Å². The number of ether oxygens (including phenoxy) is 1. The number of carboxylic acids is 1. The van der Waals surface area contributed by atoms with Crippen LogP contribution in [-0.4, -0.2) is 29.6 Å². The molecule has 4 rings (SSSR count). The third-order valence-electron chi connectivity index (χ3n) is 5.66. The quantitative estimate of drug-likeness (QED) is 0.294. The number of amides is 1. The van der Waals surface area contributed by atoms with Gasteiger partial charge in [-0.05, 0) is 81.5 Å². The first kappa shape index (κ1) is 31.7. The molecule has 0 aliphatic carbocycles. The Balaban J connectivity index is 0.000000261. The number of carboxylic acid groups (broad SMARTS) is 1. The minimum atomic E-state index is -1.04. The molecular weight excluding hydrogens is 575 g/mol. The average Bonchev–Trinajstić information content (AvgIpc) is 2.82. The molecule has 38 heavy (non-hydrogen) atoms. The van der Waals surface area contributed by atoms with Gasteiger partial charge >= 0.3 is 5.97 Å². The van der Waals surface area contributed by atoms with Crippen LogP contribution in [0.2, 0.25) is 20.1 Å². The zero-order chi connectivity index (χ0) is 28.6. The first-order chi connectivity index (χ1) is 17.8. The monoisotopic (exact) mass is 601 g/mol. The van der Waals surface area contributed by atoms with Crippen molar-refractivity contribution in [1.82, 2.24) is 5.32 Å². The van der Waals surface area contributed by atoms with Crippen molar-refractivity contribution in [3.63, 3.8) is 0 Å². The molecule has 5 nitrogen and oxygen atoms in total. The van der Waals surface area contributed by atoms with Crippen LogP contribution in [0.15, 0.2) is 42.5 Å². The lowest BCUT2D eigenvalue weighted by Gasteiger charge is -2.35. The van der Waals surface area contributed by atoms with Crippen LogP contribution in [0.3, 0.4) is 0 Å². The molecule has 1 aliphatic heterocycles. The van der Waals surface area contributed by atoms with Crippen LogP contribution in [0, 0.1) is 19.7 Å². The predicted molar refractivity (Wildman–Crippen MR) is 153 cm³/mol. The molecule has 3 aromatic carbocycles. The second-order valence-electron chi connectivity index (χ2n) is 9.08. The zero-order valence-electron chi connectivity index (χ0n) is 21.3. The highest BCUT2D eigenvalue weighted by Gasteiger charge is 2.30. The number of halogens is 5. The summed E-state index contributed by atoms with van der Waals surface area (Å²) in [4.78, 5) is 18.9. The van der Waals surface area contributed by atoms with Crippen LogP contribution < -0.4 is 10.1 Å². The summed E-state index contributed by atoms with van der Waals surface area (Å²) in [6, 6.07) is 12.0. The summed E-state index contributed by atoms with van der Waals surface area (Å²) in [6.07, 6.45) is 2.24. The molecule has 0 fully saturated rings. The molecule has 0 atom stereocenters. The number of aliphatic carboxylic acids is 1. The van der Waals surface area contributed by atoms with Gasteiger partial charge in [-0.2, -0.15) is 0 Å². The maximum absolute atomic E-state index is 13.5. The number of fused-ring (bicyclic) bond motifs is 1. The van der Waals surface area contributed by atoms with Gasteiger partial charge in [0, 0.05) is 21.2 Å². The van der Waals surface area contributed by atoms with Gasteiger partial charge in [0.1, 0.15) is 23.7 Å². The van der Waals surface area contributed by atoms with Crippen molar-refractivity contribution in [3.05, 3.63) is 85.1 Å². The van der Waals surface area contributed by atoms with Gasteiger partial charge in [0.05, 0.1) is 10.0 Å². The topological polar surface area (TPSA) is 75.6 Å². The fourth-order valence-electron chi connectivity index (χ4n) is 3.61. The van der Waals surface area contributed by atoms with Crippen LogP contribution in [0.25, 0.3) is 11.1 Å². The highest BCUT2D eigenvalue weighted by atomic mass is 35.5. The Morgan fingerprint density at radius 3 is 2.11 bits per heavy atom. The number of nitrogens with one attached hydrogen (secondary N) is 1. The second-order valence-corrected chi connectivity index (χ2v) is 10.7. The summed E-state index contributed by atoms with van der Waals surface area (Å²) in [6.45, 7) is 7.79. The highest BCUT2D eigenvalue weighted by molar-refractivity contribution is 6.39. The van der Waals surface area contributed by atoms with Gasteiger partial charge in [-0.15, -0.1) is 0 Å². The Morgan fingerprint density at radius 2 is 1.63 bits per heavy atom. The number of hydrogen-bond acceptors (Lipinski definition) is 3. The minimum absolute atomic E-state index is 0.242. The fourth-order valence-corrected chi connectivity index (χ4v) is 4.67. The van der Waals surface area contributed by atoms with E-state index in [4.69, 9.17) is 56.2 Å². The predicted octanol–water partition coefficient (Wildman–Crippen LogP) is 8.33. The van der Waals surface area contributed by atoms with Gasteiger partial charge in [-0.25, -0.2) is 4.39 Å². The molecule has 0 spiro atoms. The SMILES string of the molecule is Cc1c(Cl)cccc1Cl.Cc1ccc(-c2c(Cl)cc(F)cc2Cl)c2c1CCC(C)(C)O2.O=CNCC(=O)O. The lowest BCUT2D eigenvalue weighted by atomic mass is 9.88. The van der Waals surface area contributed by atoms with Crippen LogP contribution in [0.1, 0.15) is 37.0 Å². The molecule has 0 aromatic heterocycles. The summed E-state index contributed by atoms with van der Waals surface area (Å²) in [5.41, 5.74) is 4.51. The van der Waals surface area contributed by atoms with Crippen molar-refractivity contribution in [1.29, 1.82) is 0 Å². The number of benzene rings is 3. The van der Waals surface area contributed by atoms with Gasteiger partial charge in [0.25, 0.3) is 0 Å². The van der Waals surface area contributed by atoms with Crippen molar-refractivity contribution in [2.45, 2.75) is 46.1 Å². The van der Waals surface area contributed by atoms with Crippen molar-refractivity contribution in [2.75, 3.05) is 6.54 Å². The zero-order valence-corrected chi connectivity index (χ0v) is 24.3. The van der Waals surface area contributed by atoms with Crippen LogP contribution >= 0.6 is 46.4 Å². The van der Waals surface area contributed by atoms with E-state index < -0.39 is 11.8 Å². The summed E-state index contributed by atoms with van der Waals surface area (Å²) < 4.78 is 19.7. The Hall–Kier alpha value is -2.51. The molecule has 10 heteroatoms. The van der Waals surface area contributed by atoms with E-state index >= 15 is 0 Å². The van der Waals surface area contributed by atoms with Gasteiger partial charge in [-0.1, -0.05) is 64.6 Å². The third kappa shape index (κ3) is 8.77. The molecule has 0 saturated heterocycles. The van der Waals surface area contributed by atoms with Gasteiger partial charge in [-0.3, -0.25) is 9.59 Å². The molecule has 204 valence electrons. The molecule has 1 heterocycles. The number of rotatable bonds is 4. The molecule has 0 saturated carbocycles. The minimum Gasteiger partial charge on any atom is -0.487 e. The summed E-state index contributed by atoms with van der Waals surface area (Å²) in [5, 5.41) is 11.8. The van der Waals surface area contributed by atoms with Crippen LogP contribution in [0.5, 0.6) is 5.75 Å². The van der Waals surface area contributed by atoms with Gasteiger partial charge in [0.2, 0.25) is 6.41 Å². The van der Waals surface area contributed by atoms with Crippen LogP contribution in [0.4, 0.5) is 4.39 Å². The summed E-state index contributed by atoms with van der Waals surface area (Å²) in [5.74, 6) is -0.667. The van der Waals surface area contributed by atoms with E-state index in [1.54, 1.807) is 0 Å². The Kier molecular flexibility index (Phi) is 11.7. The smallest absolute Gasteiger partial charge is 0.322 e. The Labute approximate surface area is 241 Å². The lowest BCUT2D eigenvalue weighted by molar-refractivity contribution is -0.136. The standard InChI is InChI=1S/C18H17Cl2FO.C7H6Cl2.C3H5NO3/c1-10-4-5-13(16-14(19)8-11(21)9-15(16)20)17-12(10)6-7-18(2,3)22-17;1-5-6(8)3-2-4-7(5)9;5-2-4-1-3(6)7/h4-5,8-9H,6-7H2,1-3H3;2-4H,1H3;2H,1H2,(H,4,5)(H,6,7). The lowest BCUT2D eigenvalue weighted by Crippen LogP contribution is -2.33. The number of carbonyl (C=O) groups is 2. The first-order valence-corrected chi connectivity index (χ1v) is 13.0. The van der Waals surface area contributed by atoms with Crippen LogP contribution in [-0.2, 0) is 16.0 Å². The van der Waals surface area contributed by atoms with Gasteiger partial charge < -0.3 is 15.2 Å². The van der Waals surface area contributed by atoms with Crippen molar-refractivity contribution < 1.29 is 23.8 Å². The third-order valence-corrected chi connectivity index (χ3v) is 7.08. The molecule has 0 radical (unpaired) electrons. The Morgan fingerprint density at radius 1 is 1.05 bits per heavy atom. The van der Waals surface area contributed by atoms with E-state index in [1.807, 2.05) is 42.6 Å². The molecule has 1 aliphatic rings. The van der Waals surface area contributed by atoms with Crippen molar-refractivity contribution >= 4 is 58.8 Å². The molecular formula is C28H28Cl4FNO4. The molecule has 3 aromatic rings. The normalized spacial score (nSPS) is 13.0.